The SMILES string of the molecule is O=C(Nc1c(F)ccc(N[S+]([O-])CCC(F)(F)F)c1F)c1cnc2[nH]cnc2c1. The fraction of sp³-hybridized carbons (Fsp3) is 0.188. The molecule has 29 heavy (non-hydrogen) atoms. The van der Waals surface area contributed by atoms with Gasteiger partial charge in [-0.25, -0.2) is 23.5 Å². The van der Waals surface area contributed by atoms with Crippen molar-refractivity contribution in [1.82, 2.24) is 15.0 Å². The Labute approximate surface area is 163 Å². The highest BCUT2D eigenvalue weighted by Crippen LogP contribution is 2.28. The predicted molar refractivity (Wildman–Crippen MR) is 95.5 cm³/mol. The zero-order chi connectivity index (χ0) is 21.2. The van der Waals surface area contributed by atoms with Gasteiger partial charge in [0.05, 0.1) is 29.7 Å². The van der Waals surface area contributed by atoms with Gasteiger partial charge in [0.15, 0.2) is 11.5 Å². The van der Waals surface area contributed by atoms with E-state index in [-0.39, 0.29) is 5.56 Å². The van der Waals surface area contributed by atoms with Crippen LogP contribution in [0.25, 0.3) is 11.2 Å². The van der Waals surface area contributed by atoms with Gasteiger partial charge in [0, 0.05) is 6.20 Å². The molecule has 0 aliphatic heterocycles. The van der Waals surface area contributed by atoms with Gasteiger partial charge in [-0.2, -0.15) is 13.2 Å². The Morgan fingerprint density at radius 2 is 2.00 bits per heavy atom. The number of pyridine rings is 1. The van der Waals surface area contributed by atoms with E-state index < -0.39 is 58.6 Å². The average molecular weight is 433 g/mol. The number of rotatable bonds is 6. The summed E-state index contributed by atoms with van der Waals surface area (Å²) in [5.41, 5.74) is -0.644. The van der Waals surface area contributed by atoms with E-state index in [9.17, 15) is 31.3 Å². The van der Waals surface area contributed by atoms with Crippen LogP contribution in [0.15, 0.2) is 30.7 Å². The Morgan fingerprint density at radius 1 is 1.24 bits per heavy atom. The van der Waals surface area contributed by atoms with Crippen LogP contribution in [-0.4, -0.2) is 37.3 Å². The smallest absolute Gasteiger partial charge is 0.393 e. The van der Waals surface area contributed by atoms with Gasteiger partial charge >= 0.3 is 6.18 Å². The Balaban J connectivity index is 1.76. The molecule has 1 unspecified atom stereocenters. The van der Waals surface area contributed by atoms with Crippen LogP contribution < -0.4 is 10.0 Å². The monoisotopic (exact) mass is 433 g/mol. The lowest BCUT2D eigenvalue weighted by atomic mass is 10.2. The van der Waals surface area contributed by atoms with Crippen LogP contribution in [0.2, 0.25) is 0 Å². The van der Waals surface area contributed by atoms with Crippen LogP contribution in [0.1, 0.15) is 16.8 Å². The molecule has 154 valence electrons. The molecule has 3 rings (SSSR count). The number of nitrogens with zero attached hydrogens (tertiary/aromatic N) is 2. The first-order chi connectivity index (χ1) is 13.6. The van der Waals surface area contributed by atoms with Gasteiger partial charge in [0.1, 0.15) is 28.5 Å². The number of carbonyl (C=O) groups excluding carboxylic acids is 1. The number of hydrogen-bond acceptors (Lipinski definition) is 5. The zero-order valence-corrected chi connectivity index (χ0v) is 15.1. The van der Waals surface area contributed by atoms with Gasteiger partial charge in [0.25, 0.3) is 5.91 Å². The minimum absolute atomic E-state index is 0.0319. The van der Waals surface area contributed by atoms with Crippen molar-refractivity contribution in [1.29, 1.82) is 0 Å². The number of carbonyl (C=O) groups is 1. The van der Waals surface area contributed by atoms with E-state index in [0.717, 1.165) is 12.1 Å². The van der Waals surface area contributed by atoms with Crippen molar-refractivity contribution in [2.75, 3.05) is 15.8 Å². The lowest BCUT2D eigenvalue weighted by Gasteiger charge is -2.15. The number of amides is 1. The number of aromatic nitrogens is 3. The molecule has 0 spiro atoms. The van der Waals surface area contributed by atoms with Gasteiger partial charge in [-0.1, -0.05) is 0 Å². The summed E-state index contributed by atoms with van der Waals surface area (Å²) in [4.78, 5) is 22.9. The van der Waals surface area contributed by atoms with Crippen LogP contribution in [0.3, 0.4) is 0 Å². The maximum atomic E-state index is 14.5. The van der Waals surface area contributed by atoms with E-state index in [0.29, 0.717) is 11.2 Å². The molecule has 3 aromatic rings. The third-order valence-electron chi connectivity index (χ3n) is 3.66. The van der Waals surface area contributed by atoms with Gasteiger partial charge < -0.3 is 14.9 Å². The molecule has 0 aliphatic carbocycles. The Morgan fingerprint density at radius 3 is 2.72 bits per heavy atom. The van der Waals surface area contributed by atoms with E-state index >= 15 is 0 Å². The first kappa shape index (κ1) is 20.8. The quantitative estimate of drug-likeness (QED) is 0.408. The summed E-state index contributed by atoms with van der Waals surface area (Å²) < 4.78 is 78.8. The first-order valence-electron chi connectivity index (χ1n) is 7.94. The van der Waals surface area contributed by atoms with E-state index in [1.54, 1.807) is 0 Å². The van der Waals surface area contributed by atoms with Crippen molar-refractivity contribution in [2.24, 2.45) is 0 Å². The van der Waals surface area contributed by atoms with Crippen LogP contribution in [0.4, 0.5) is 33.3 Å². The average Bonchev–Trinajstić information content (AvgIpc) is 3.13. The number of fused-ring (bicyclic) bond motifs is 1. The molecule has 0 aliphatic rings. The van der Waals surface area contributed by atoms with E-state index in [1.807, 2.05) is 10.0 Å². The number of nitrogens with one attached hydrogen (secondary N) is 3. The number of hydrogen-bond donors (Lipinski definition) is 3. The summed E-state index contributed by atoms with van der Waals surface area (Å²) >= 11 is -2.27. The molecule has 2 heterocycles. The molecule has 0 radical (unpaired) electrons. The summed E-state index contributed by atoms with van der Waals surface area (Å²) in [6.45, 7) is 0. The maximum Gasteiger partial charge on any atom is 0.393 e. The Hall–Kier alpha value is -2.93. The minimum Gasteiger partial charge on any atom is -0.593 e. The van der Waals surface area contributed by atoms with E-state index in [1.165, 1.54) is 18.6 Å². The number of alkyl halides is 3. The van der Waals surface area contributed by atoms with Crippen LogP contribution in [0.5, 0.6) is 0 Å². The lowest BCUT2D eigenvalue weighted by Crippen LogP contribution is -2.23. The second-order valence-electron chi connectivity index (χ2n) is 5.75. The number of H-pyrrole nitrogens is 1. The molecular weight excluding hydrogens is 421 g/mol. The molecule has 0 saturated carbocycles. The van der Waals surface area contributed by atoms with Gasteiger partial charge in [-0.3, -0.25) is 4.79 Å². The van der Waals surface area contributed by atoms with Gasteiger partial charge in [-0.05, 0) is 18.2 Å². The van der Waals surface area contributed by atoms with Crippen LogP contribution >= 0.6 is 0 Å². The highest BCUT2D eigenvalue weighted by atomic mass is 32.2. The molecule has 1 amide bonds. The summed E-state index contributed by atoms with van der Waals surface area (Å²) in [5.74, 6) is -4.16. The van der Waals surface area contributed by atoms with Crippen molar-refractivity contribution in [3.05, 3.63) is 47.9 Å². The van der Waals surface area contributed by atoms with Crippen molar-refractivity contribution in [3.8, 4) is 0 Å². The summed E-state index contributed by atoms with van der Waals surface area (Å²) in [5, 5.41) is 2.04. The molecular formula is C16H12F5N5O2S. The zero-order valence-electron chi connectivity index (χ0n) is 14.3. The molecule has 1 atom stereocenters. The molecule has 7 nitrogen and oxygen atoms in total. The number of benzene rings is 1. The van der Waals surface area contributed by atoms with Crippen LogP contribution in [0, 0.1) is 11.6 Å². The van der Waals surface area contributed by atoms with Crippen molar-refractivity contribution in [3.63, 3.8) is 0 Å². The summed E-state index contributed by atoms with van der Waals surface area (Å²) in [6.07, 6.45) is -3.35. The number of imidazole rings is 1. The molecule has 0 bridgehead atoms. The molecule has 0 fully saturated rings. The predicted octanol–water partition coefficient (Wildman–Crippen LogP) is 3.52. The molecule has 2 aromatic heterocycles. The molecule has 1 aromatic carbocycles. The fourth-order valence-corrected chi connectivity index (χ4v) is 3.19. The number of halogens is 5. The standard InChI is InChI=1S/C16H12F5N5O2S/c17-9-1-2-10(26-29(28)4-3-16(19,20)21)12(18)13(9)25-15(27)8-5-11-14(22-6-8)24-7-23-11/h1-2,5-7,26H,3-4H2,(H,25,27)(H,22,23,24). The summed E-state index contributed by atoms with van der Waals surface area (Å²) in [7, 11) is 0. The van der Waals surface area contributed by atoms with Crippen molar-refractivity contribution in [2.45, 2.75) is 12.6 Å². The van der Waals surface area contributed by atoms with Crippen molar-refractivity contribution < 1.29 is 31.3 Å². The fourth-order valence-electron chi connectivity index (χ4n) is 2.26. The largest absolute Gasteiger partial charge is 0.593 e. The normalized spacial score (nSPS) is 12.8. The minimum atomic E-state index is -4.53. The lowest BCUT2D eigenvalue weighted by molar-refractivity contribution is -0.129. The van der Waals surface area contributed by atoms with Crippen LogP contribution in [-0.2, 0) is 11.4 Å². The van der Waals surface area contributed by atoms with Gasteiger partial charge in [0.2, 0.25) is 0 Å². The van der Waals surface area contributed by atoms with E-state index in [2.05, 4.69) is 15.0 Å². The topological polar surface area (TPSA) is 106 Å². The maximum absolute atomic E-state index is 14.5. The highest BCUT2D eigenvalue weighted by Gasteiger charge is 2.30. The molecule has 0 saturated heterocycles. The summed E-state index contributed by atoms with van der Waals surface area (Å²) in [6, 6.07) is 2.98. The van der Waals surface area contributed by atoms with E-state index in [4.69, 9.17) is 0 Å². The molecule has 3 N–H and O–H groups in total. The molecule has 13 heteroatoms. The Kier molecular flexibility index (Phi) is 5.88. The van der Waals surface area contributed by atoms with Crippen molar-refractivity contribution >= 4 is 39.8 Å². The number of anilines is 2. The third kappa shape index (κ3) is 5.12. The number of aromatic amines is 1. The highest BCUT2D eigenvalue weighted by molar-refractivity contribution is 7.92. The third-order valence-corrected chi connectivity index (χ3v) is 4.68. The second kappa shape index (κ2) is 8.21. The Bertz CT molecular complexity index is 1040. The second-order valence-corrected chi connectivity index (χ2v) is 7.05. The first-order valence-corrected chi connectivity index (χ1v) is 9.26. The van der Waals surface area contributed by atoms with Gasteiger partial charge in [-0.15, -0.1) is 0 Å².